The lowest BCUT2D eigenvalue weighted by Gasteiger charge is -2.40. The van der Waals surface area contributed by atoms with Crippen molar-refractivity contribution in [1.82, 2.24) is 19.8 Å². The second kappa shape index (κ2) is 7.24. The Hall–Kier alpha value is -1.40. The third kappa shape index (κ3) is 3.67. The van der Waals surface area contributed by atoms with Crippen molar-refractivity contribution < 1.29 is 9.90 Å². The molecule has 2 fully saturated rings. The van der Waals surface area contributed by atoms with Crippen LogP contribution in [0.1, 0.15) is 38.5 Å². The highest BCUT2D eigenvalue weighted by Gasteiger charge is 2.36. The van der Waals surface area contributed by atoms with Crippen molar-refractivity contribution >= 4 is 5.91 Å². The van der Waals surface area contributed by atoms with Gasteiger partial charge in [0.2, 0.25) is 5.91 Å². The monoisotopic (exact) mass is 306 g/mol. The highest BCUT2D eigenvalue weighted by Crippen LogP contribution is 2.26. The number of imidazole rings is 1. The molecule has 22 heavy (non-hydrogen) atoms. The van der Waals surface area contributed by atoms with Crippen LogP contribution >= 0.6 is 0 Å². The number of aryl methyl sites for hydroxylation is 1. The van der Waals surface area contributed by atoms with Gasteiger partial charge < -0.3 is 15.0 Å². The highest BCUT2D eigenvalue weighted by molar-refractivity contribution is 5.76. The molecule has 2 N–H and O–H groups in total. The second-order valence-electron chi connectivity index (χ2n) is 6.46. The molecule has 2 aliphatic rings. The first-order valence-electron chi connectivity index (χ1n) is 8.41. The van der Waals surface area contributed by atoms with E-state index in [9.17, 15) is 9.90 Å². The van der Waals surface area contributed by atoms with Crippen LogP contribution in [-0.2, 0) is 11.3 Å². The first-order valence-corrected chi connectivity index (χ1v) is 8.41. The molecule has 1 aliphatic heterocycles. The number of carbonyl (C=O) groups is 1. The van der Waals surface area contributed by atoms with Crippen LogP contribution in [0.25, 0.3) is 0 Å². The zero-order valence-corrected chi connectivity index (χ0v) is 13.0. The number of hydrogen-bond donors (Lipinski definition) is 2. The summed E-state index contributed by atoms with van der Waals surface area (Å²) in [6.45, 7) is 2.80. The van der Waals surface area contributed by atoms with Crippen LogP contribution in [0.5, 0.6) is 0 Å². The fraction of sp³-hybridized carbons (Fsp3) is 0.750. The average molecular weight is 306 g/mol. The summed E-state index contributed by atoms with van der Waals surface area (Å²) in [6.07, 6.45) is 10.7. The summed E-state index contributed by atoms with van der Waals surface area (Å²) in [7, 11) is 0. The Morgan fingerprint density at radius 3 is 2.82 bits per heavy atom. The van der Waals surface area contributed by atoms with Crippen LogP contribution in [0, 0.1) is 0 Å². The lowest BCUT2D eigenvalue weighted by molar-refractivity contribution is -0.123. The standard InChI is InChI=1S/C16H26N4O2/c21-15(6-10-19-11-7-17-12-19)18-13-4-3-5-14(16(13)22)20-8-1-2-9-20/h7,11-14,16,22H,1-6,8-10H2,(H,18,21)/t13-,14-,16-/m1/s1. The number of nitrogens with one attached hydrogen (secondary N) is 1. The van der Waals surface area contributed by atoms with Crippen LogP contribution in [-0.4, -0.2) is 56.7 Å². The zero-order valence-electron chi connectivity index (χ0n) is 13.0. The molecule has 6 heteroatoms. The van der Waals surface area contributed by atoms with E-state index < -0.39 is 6.10 Å². The molecule has 0 radical (unpaired) electrons. The van der Waals surface area contributed by atoms with Gasteiger partial charge in [0, 0.05) is 31.4 Å². The summed E-state index contributed by atoms with van der Waals surface area (Å²) in [4.78, 5) is 18.5. The maximum atomic E-state index is 12.1. The number of amides is 1. The number of aromatic nitrogens is 2. The average Bonchev–Trinajstić information content (AvgIpc) is 3.20. The fourth-order valence-electron chi connectivity index (χ4n) is 3.71. The van der Waals surface area contributed by atoms with E-state index in [2.05, 4.69) is 15.2 Å². The van der Waals surface area contributed by atoms with Gasteiger partial charge in [0.1, 0.15) is 0 Å². The smallest absolute Gasteiger partial charge is 0.222 e. The minimum atomic E-state index is -0.441. The van der Waals surface area contributed by atoms with Crippen molar-refractivity contribution in [2.75, 3.05) is 13.1 Å². The summed E-state index contributed by atoms with van der Waals surface area (Å²) in [5.74, 6) is 0.0137. The molecule has 6 nitrogen and oxygen atoms in total. The molecule has 1 saturated heterocycles. The molecule has 2 heterocycles. The van der Waals surface area contributed by atoms with Gasteiger partial charge in [0.15, 0.2) is 0 Å². The lowest BCUT2D eigenvalue weighted by atomic mass is 9.87. The summed E-state index contributed by atoms with van der Waals surface area (Å²) in [5.41, 5.74) is 0. The molecule has 1 aliphatic carbocycles. The van der Waals surface area contributed by atoms with Gasteiger partial charge >= 0.3 is 0 Å². The van der Waals surface area contributed by atoms with E-state index in [1.54, 1.807) is 12.5 Å². The normalized spacial score (nSPS) is 29.6. The van der Waals surface area contributed by atoms with Crippen LogP contribution in [0.4, 0.5) is 0 Å². The molecule has 0 unspecified atom stereocenters. The maximum absolute atomic E-state index is 12.1. The number of nitrogens with zero attached hydrogens (tertiary/aromatic N) is 3. The summed E-state index contributed by atoms with van der Waals surface area (Å²) >= 11 is 0. The lowest BCUT2D eigenvalue weighted by Crippen LogP contribution is -2.56. The molecule has 0 bridgehead atoms. The molecular weight excluding hydrogens is 280 g/mol. The molecule has 0 spiro atoms. The molecule has 1 aromatic heterocycles. The molecular formula is C16H26N4O2. The maximum Gasteiger partial charge on any atom is 0.222 e. The van der Waals surface area contributed by atoms with E-state index in [1.165, 1.54) is 12.8 Å². The predicted molar refractivity (Wildman–Crippen MR) is 83.2 cm³/mol. The Balaban J connectivity index is 1.49. The third-order valence-electron chi connectivity index (χ3n) is 4.93. The van der Waals surface area contributed by atoms with Crippen LogP contribution in [0.15, 0.2) is 18.7 Å². The number of carbonyl (C=O) groups excluding carboxylic acids is 1. The Kier molecular flexibility index (Phi) is 5.10. The Morgan fingerprint density at radius 2 is 2.09 bits per heavy atom. The quantitative estimate of drug-likeness (QED) is 0.843. The van der Waals surface area contributed by atoms with Gasteiger partial charge in [-0.05, 0) is 45.2 Å². The SMILES string of the molecule is O=C(CCn1ccnc1)N[C@@H]1CCC[C@@H](N2CCCC2)[C@@H]1O. The van der Waals surface area contributed by atoms with E-state index >= 15 is 0 Å². The molecule has 3 atom stereocenters. The molecule has 1 aromatic rings. The Labute approximate surface area is 131 Å². The van der Waals surface area contributed by atoms with Crippen molar-refractivity contribution in [3.05, 3.63) is 18.7 Å². The third-order valence-corrected chi connectivity index (χ3v) is 4.93. The van der Waals surface area contributed by atoms with Crippen molar-refractivity contribution in [2.45, 2.75) is 63.3 Å². The van der Waals surface area contributed by atoms with Crippen LogP contribution in [0.2, 0.25) is 0 Å². The van der Waals surface area contributed by atoms with Gasteiger partial charge in [-0.1, -0.05) is 0 Å². The number of aliphatic hydroxyl groups excluding tert-OH is 1. The Morgan fingerprint density at radius 1 is 1.27 bits per heavy atom. The van der Waals surface area contributed by atoms with Gasteiger partial charge in [0.25, 0.3) is 0 Å². The van der Waals surface area contributed by atoms with Gasteiger partial charge in [0.05, 0.1) is 18.5 Å². The topological polar surface area (TPSA) is 70.4 Å². The molecule has 0 aromatic carbocycles. The van der Waals surface area contributed by atoms with E-state index in [1.807, 2.05) is 10.8 Å². The highest BCUT2D eigenvalue weighted by atomic mass is 16.3. The van der Waals surface area contributed by atoms with Gasteiger partial charge in [-0.15, -0.1) is 0 Å². The predicted octanol–water partition coefficient (Wildman–Crippen LogP) is 0.767. The van der Waals surface area contributed by atoms with E-state index in [0.717, 1.165) is 32.4 Å². The number of aliphatic hydroxyl groups is 1. The van der Waals surface area contributed by atoms with Gasteiger partial charge in [-0.25, -0.2) is 4.98 Å². The first kappa shape index (κ1) is 15.5. The molecule has 122 valence electrons. The Bertz CT molecular complexity index is 471. The zero-order chi connectivity index (χ0) is 15.4. The summed E-state index contributed by atoms with van der Waals surface area (Å²) in [6, 6.07) is 0.116. The van der Waals surface area contributed by atoms with E-state index in [4.69, 9.17) is 0 Å². The van der Waals surface area contributed by atoms with E-state index in [-0.39, 0.29) is 18.0 Å². The van der Waals surface area contributed by atoms with Crippen LogP contribution < -0.4 is 5.32 Å². The van der Waals surface area contributed by atoms with Crippen LogP contribution in [0.3, 0.4) is 0 Å². The van der Waals surface area contributed by atoms with Crippen molar-refractivity contribution in [2.24, 2.45) is 0 Å². The minimum absolute atomic E-state index is 0.0137. The van der Waals surface area contributed by atoms with Crippen molar-refractivity contribution in [3.63, 3.8) is 0 Å². The van der Waals surface area contributed by atoms with Crippen molar-refractivity contribution in [1.29, 1.82) is 0 Å². The fourth-order valence-corrected chi connectivity index (χ4v) is 3.71. The van der Waals surface area contributed by atoms with Crippen molar-refractivity contribution in [3.8, 4) is 0 Å². The van der Waals surface area contributed by atoms with Gasteiger partial charge in [-0.3, -0.25) is 9.69 Å². The minimum Gasteiger partial charge on any atom is -0.389 e. The number of likely N-dealkylation sites (tertiary alicyclic amines) is 1. The molecule has 3 rings (SSSR count). The number of rotatable bonds is 5. The molecule has 1 saturated carbocycles. The summed E-state index contributed by atoms with van der Waals surface area (Å²) in [5, 5.41) is 13.7. The largest absolute Gasteiger partial charge is 0.389 e. The molecule has 1 amide bonds. The van der Waals surface area contributed by atoms with Gasteiger partial charge in [-0.2, -0.15) is 0 Å². The number of hydrogen-bond acceptors (Lipinski definition) is 4. The summed E-state index contributed by atoms with van der Waals surface area (Å²) < 4.78 is 1.89. The first-order chi connectivity index (χ1) is 10.7. The van der Waals surface area contributed by atoms with E-state index in [0.29, 0.717) is 13.0 Å². The second-order valence-corrected chi connectivity index (χ2v) is 6.46.